The van der Waals surface area contributed by atoms with Gasteiger partial charge in [0, 0.05) is 5.69 Å². The molecule has 5 N–H and O–H groups in total. The Kier molecular flexibility index (Phi) is 3.62. The van der Waals surface area contributed by atoms with E-state index in [1.165, 1.54) is 6.07 Å². The number of carbonyl (C=O) groups is 1. The lowest BCUT2D eigenvalue weighted by atomic mass is 10.1. The molecule has 0 radical (unpaired) electrons. The Bertz CT molecular complexity index is 620. The van der Waals surface area contributed by atoms with Gasteiger partial charge in [0.05, 0.1) is 22.0 Å². The van der Waals surface area contributed by atoms with Crippen LogP contribution in [0.15, 0.2) is 36.4 Å². The fourth-order valence-electron chi connectivity index (χ4n) is 1.80. The van der Waals surface area contributed by atoms with Gasteiger partial charge in [-0.25, -0.2) is 0 Å². The summed E-state index contributed by atoms with van der Waals surface area (Å²) in [5.74, 6) is -0.542. The maximum Gasteiger partial charge on any atom is 0.250 e. The van der Waals surface area contributed by atoms with E-state index in [0.29, 0.717) is 22.0 Å². The molecule has 0 aliphatic carbocycles. The molecule has 0 spiro atoms. The molecule has 0 heterocycles. The monoisotopic (exact) mass is 275 g/mol. The zero-order valence-electron chi connectivity index (χ0n) is 10.4. The molecule has 0 atom stereocenters. The quantitative estimate of drug-likeness (QED) is 0.753. The fourth-order valence-corrected chi connectivity index (χ4v) is 2.07. The number of aryl methyl sites for hydroxylation is 1. The standard InChI is InChI=1S/C14H14ClN3O/c1-8-3-2-4-11(15)13(8)18-12-6-5-9(16)7-10(12)14(17)19/h2-7,18H,16H2,1H3,(H2,17,19). The zero-order chi connectivity index (χ0) is 14.0. The molecule has 98 valence electrons. The molecule has 0 aliphatic heterocycles. The van der Waals surface area contributed by atoms with Gasteiger partial charge >= 0.3 is 0 Å². The second kappa shape index (κ2) is 5.20. The van der Waals surface area contributed by atoms with E-state index in [0.717, 1.165) is 11.3 Å². The number of nitrogens with one attached hydrogen (secondary N) is 1. The van der Waals surface area contributed by atoms with Crippen LogP contribution < -0.4 is 16.8 Å². The minimum Gasteiger partial charge on any atom is -0.399 e. The molecule has 0 aromatic heterocycles. The van der Waals surface area contributed by atoms with Crippen molar-refractivity contribution in [1.29, 1.82) is 0 Å². The van der Waals surface area contributed by atoms with Crippen molar-refractivity contribution in [3.63, 3.8) is 0 Å². The van der Waals surface area contributed by atoms with Crippen molar-refractivity contribution in [3.05, 3.63) is 52.5 Å². The average molecular weight is 276 g/mol. The number of primary amides is 1. The Morgan fingerprint density at radius 1 is 1.26 bits per heavy atom. The molecule has 5 heteroatoms. The number of amides is 1. The Balaban J connectivity index is 2.47. The Hall–Kier alpha value is -2.20. The minimum absolute atomic E-state index is 0.333. The lowest BCUT2D eigenvalue weighted by molar-refractivity contribution is 0.100. The number of rotatable bonds is 3. The molecule has 19 heavy (non-hydrogen) atoms. The minimum atomic E-state index is -0.542. The van der Waals surface area contributed by atoms with Crippen molar-refractivity contribution >= 4 is 34.6 Å². The third kappa shape index (κ3) is 2.80. The van der Waals surface area contributed by atoms with Gasteiger partial charge in [-0.05, 0) is 36.8 Å². The highest BCUT2D eigenvalue weighted by atomic mass is 35.5. The second-order valence-electron chi connectivity index (χ2n) is 4.23. The average Bonchev–Trinajstić information content (AvgIpc) is 2.35. The van der Waals surface area contributed by atoms with E-state index in [1.807, 2.05) is 19.1 Å². The molecule has 0 bridgehead atoms. The van der Waals surface area contributed by atoms with Crippen LogP contribution in [0.3, 0.4) is 0 Å². The number of benzene rings is 2. The Morgan fingerprint density at radius 3 is 2.63 bits per heavy atom. The Morgan fingerprint density at radius 2 is 2.00 bits per heavy atom. The first-order valence-corrected chi connectivity index (χ1v) is 6.08. The highest BCUT2D eigenvalue weighted by molar-refractivity contribution is 6.33. The molecule has 0 saturated heterocycles. The van der Waals surface area contributed by atoms with Gasteiger partial charge in [-0.1, -0.05) is 23.7 Å². The van der Waals surface area contributed by atoms with E-state index in [4.69, 9.17) is 23.1 Å². The van der Waals surface area contributed by atoms with Crippen LogP contribution in [0.2, 0.25) is 5.02 Å². The van der Waals surface area contributed by atoms with Crippen LogP contribution in [0, 0.1) is 6.92 Å². The maximum absolute atomic E-state index is 11.4. The summed E-state index contributed by atoms with van der Waals surface area (Å²) in [6.45, 7) is 1.93. The van der Waals surface area contributed by atoms with E-state index in [2.05, 4.69) is 5.32 Å². The van der Waals surface area contributed by atoms with Gasteiger partial charge in [-0.3, -0.25) is 4.79 Å². The molecule has 2 aromatic rings. The zero-order valence-corrected chi connectivity index (χ0v) is 11.2. The van der Waals surface area contributed by atoms with Crippen LogP contribution in [-0.2, 0) is 0 Å². The fraction of sp³-hybridized carbons (Fsp3) is 0.0714. The first-order chi connectivity index (χ1) is 8.99. The highest BCUT2D eigenvalue weighted by Gasteiger charge is 2.11. The number of nitrogen functional groups attached to an aromatic ring is 1. The summed E-state index contributed by atoms with van der Waals surface area (Å²) in [7, 11) is 0. The number of anilines is 3. The summed E-state index contributed by atoms with van der Waals surface area (Å²) in [6, 6.07) is 10.5. The Labute approximate surface area is 116 Å². The molecule has 4 nitrogen and oxygen atoms in total. The summed E-state index contributed by atoms with van der Waals surface area (Å²) in [5.41, 5.74) is 14.1. The van der Waals surface area contributed by atoms with Crippen molar-refractivity contribution in [2.75, 3.05) is 11.1 Å². The third-order valence-electron chi connectivity index (χ3n) is 2.79. The lowest BCUT2D eigenvalue weighted by Gasteiger charge is -2.14. The number of halogens is 1. The molecule has 0 fully saturated rings. The van der Waals surface area contributed by atoms with Crippen LogP contribution in [0.25, 0.3) is 0 Å². The lowest BCUT2D eigenvalue weighted by Crippen LogP contribution is -2.14. The van der Waals surface area contributed by atoms with Gasteiger partial charge in [-0.2, -0.15) is 0 Å². The van der Waals surface area contributed by atoms with E-state index in [1.54, 1.807) is 18.2 Å². The highest BCUT2D eigenvalue weighted by Crippen LogP contribution is 2.30. The van der Waals surface area contributed by atoms with Crippen LogP contribution >= 0.6 is 11.6 Å². The summed E-state index contributed by atoms with van der Waals surface area (Å²) in [5, 5.41) is 3.71. The van der Waals surface area contributed by atoms with Crippen LogP contribution in [0.1, 0.15) is 15.9 Å². The largest absolute Gasteiger partial charge is 0.399 e. The maximum atomic E-state index is 11.4. The predicted octanol–water partition coefficient (Wildman–Crippen LogP) is 3.07. The number of carbonyl (C=O) groups excluding carboxylic acids is 1. The topological polar surface area (TPSA) is 81.1 Å². The van der Waals surface area contributed by atoms with E-state index < -0.39 is 5.91 Å². The number of nitrogens with two attached hydrogens (primary N) is 2. The van der Waals surface area contributed by atoms with Crippen molar-refractivity contribution < 1.29 is 4.79 Å². The van der Waals surface area contributed by atoms with Gasteiger partial charge in [0.15, 0.2) is 0 Å². The van der Waals surface area contributed by atoms with Gasteiger partial charge < -0.3 is 16.8 Å². The van der Waals surface area contributed by atoms with E-state index in [-0.39, 0.29) is 0 Å². The molecule has 2 rings (SSSR count). The normalized spacial score (nSPS) is 10.2. The van der Waals surface area contributed by atoms with Crippen LogP contribution in [-0.4, -0.2) is 5.91 Å². The van der Waals surface area contributed by atoms with Gasteiger partial charge in [-0.15, -0.1) is 0 Å². The van der Waals surface area contributed by atoms with Crippen molar-refractivity contribution in [2.24, 2.45) is 5.73 Å². The van der Waals surface area contributed by atoms with Crippen molar-refractivity contribution in [3.8, 4) is 0 Å². The predicted molar refractivity (Wildman–Crippen MR) is 78.8 cm³/mol. The summed E-state index contributed by atoms with van der Waals surface area (Å²) in [4.78, 5) is 11.4. The molecule has 0 unspecified atom stereocenters. The number of hydrogen-bond donors (Lipinski definition) is 3. The van der Waals surface area contributed by atoms with Crippen molar-refractivity contribution in [2.45, 2.75) is 6.92 Å². The van der Waals surface area contributed by atoms with E-state index in [9.17, 15) is 4.79 Å². The second-order valence-corrected chi connectivity index (χ2v) is 4.63. The van der Waals surface area contributed by atoms with Crippen LogP contribution in [0.5, 0.6) is 0 Å². The van der Waals surface area contributed by atoms with Gasteiger partial charge in [0.1, 0.15) is 0 Å². The SMILES string of the molecule is Cc1cccc(Cl)c1Nc1ccc(N)cc1C(N)=O. The molecular weight excluding hydrogens is 262 g/mol. The smallest absolute Gasteiger partial charge is 0.250 e. The summed E-state index contributed by atoms with van der Waals surface area (Å²) in [6.07, 6.45) is 0. The first kappa shape index (κ1) is 13.2. The van der Waals surface area contributed by atoms with E-state index >= 15 is 0 Å². The van der Waals surface area contributed by atoms with Gasteiger partial charge in [0.25, 0.3) is 5.91 Å². The number of para-hydroxylation sites is 1. The molecular formula is C14H14ClN3O. The molecule has 1 amide bonds. The van der Waals surface area contributed by atoms with Crippen molar-refractivity contribution in [1.82, 2.24) is 0 Å². The first-order valence-electron chi connectivity index (χ1n) is 5.70. The van der Waals surface area contributed by atoms with Gasteiger partial charge in [0.2, 0.25) is 0 Å². The van der Waals surface area contributed by atoms with Crippen LogP contribution in [0.4, 0.5) is 17.1 Å². The third-order valence-corrected chi connectivity index (χ3v) is 3.11. The molecule has 0 saturated carbocycles. The molecule has 2 aromatic carbocycles. The summed E-state index contributed by atoms with van der Waals surface area (Å²) >= 11 is 6.14. The number of hydrogen-bond acceptors (Lipinski definition) is 3. The summed E-state index contributed by atoms with van der Waals surface area (Å²) < 4.78 is 0. The molecule has 0 aliphatic rings.